The zero-order valence-corrected chi connectivity index (χ0v) is 17.4. The Morgan fingerprint density at radius 3 is 2.41 bits per heavy atom. The van der Waals surface area contributed by atoms with Crippen LogP contribution in [0.5, 0.6) is 5.75 Å². The molecule has 2 rings (SSSR count). The van der Waals surface area contributed by atoms with Crippen molar-refractivity contribution >= 4 is 11.8 Å². The Morgan fingerprint density at radius 1 is 1.17 bits per heavy atom. The summed E-state index contributed by atoms with van der Waals surface area (Å²) >= 11 is 0. The highest BCUT2D eigenvalue weighted by Gasteiger charge is 2.22. The van der Waals surface area contributed by atoms with Crippen molar-refractivity contribution in [1.82, 2.24) is 4.57 Å². The largest absolute Gasteiger partial charge is 0.479 e. The number of nitrogens with zero attached hydrogens (tertiary/aromatic N) is 2. The van der Waals surface area contributed by atoms with Gasteiger partial charge in [0.05, 0.1) is 24.3 Å². The lowest BCUT2D eigenvalue weighted by atomic mass is 10.1. The van der Waals surface area contributed by atoms with E-state index in [0.717, 1.165) is 11.4 Å². The standard InChI is InChI=1S/C22H26N2O5/c1-14-10-20(16(3)24(14)15(2)12-27-5)21(25)13-28-22(26)17(4)29-19-8-6-18(11-23)7-9-19/h6-10,15,17H,12-13H2,1-5H3/t15-,17+/m0/s1. The second-order valence-corrected chi connectivity index (χ2v) is 6.89. The van der Waals surface area contributed by atoms with Crippen LogP contribution in [0.3, 0.4) is 0 Å². The lowest BCUT2D eigenvalue weighted by molar-refractivity contribution is -0.149. The summed E-state index contributed by atoms with van der Waals surface area (Å²) < 4.78 is 17.9. The van der Waals surface area contributed by atoms with Gasteiger partial charge in [-0.05, 0) is 58.0 Å². The fourth-order valence-electron chi connectivity index (χ4n) is 3.25. The fraction of sp³-hybridized carbons (Fsp3) is 0.409. The Labute approximate surface area is 170 Å². The molecule has 0 N–H and O–H groups in total. The lowest BCUT2D eigenvalue weighted by Crippen LogP contribution is -2.28. The molecule has 7 heteroatoms. The molecule has 0 amide bonds. The number of benzene rings is 1. The molecule has 2 atom stereocenters. The Kier molecular flexibility index (Phi) is 7.57. The first-order valence-electron chi connectivity index (χ1n) is 9.32. The molecule has 0 spiro atoms. The van der Waals surface area contributed by atoms with E-state index in [1.807, 2.05) is 31.4 Å². The Morgan fingerprint density at radius 2 is 1.83 bits per heavy atom. The summed E-state index contributed by atoms with van der Waals surface area (Å²) in [4.78, 5) is 24.8. The quantitative estimate of drug-likeness (QED) is 0.475. The Bertz CT molecular complexity index is 909. The summed E-state index contributed by atoms with van der Waals surface area (Å²) in [5, 5.41) is 8.81. The summed E-state index contributed by atoms with van der Waals surface area (Å²) in [5.74, 6) is -0.465. The van der Waals surface area contributed by atoms with E-state index in [-0.39, 0.29) is 18.4 Å². The van der Waals surface area contributed by atoms with E-state index < -0.39 is 12.1 Å². The van der Waals surface area contributed by atoms with E-state index in [4.69, 9.17) is 19.5 Å². The zero-order chi connectivity index (χ0) is 21.6. The van der Waals surface area contributed by atoms with Crippen molar-refractivity contribution in [3.63, 3.8) is 0 Å². The van der Waals surface area contributed by atoms with E-state index in [1.54, 1.807) is 44.4 Å². The van der Waals surface area contributed by atoms with E-state index in [1.165, 1.54) is 0 Å². The van der Waals surface area contributed by atoms with Crippen LogP contribution in [0.2, 0.25) is 0 Å². The van der Waals surface area contributed by atoms with Crippen molar-refractivity contribution in [3.05, 3.63) is 52.8 Å². The van der Waals surface area contributed by atoms with Gasteiger partial charge in [0.25, 0.3) is 0 Å². The first-order valence-corrected chi connectivity index (χ1v) is 9.32. The maximum absolute atomic E-state index is 12.6. The molecule has 0 fully saturated rings. The highest BCUT2D eigenvalue weighted by molar-refractivity contribution is 5.99. The molecule has 0 radical (unpaired) electrons. The number of rotatable bonds is 9. The molecule has 0 saturated carbocycles. The molecular weight excluding hydrogens is 372 g/mol. The Hall–Kier alpha value is -3.11. The van der Waals surface area contributed by atoms with Gasteiger partial charge in [-0.25, -0.2) is 4.79 Å². The van der Waals surface area contributed by atoms with Gasteiger partial charge in [-0.15, -0.1) is 0 Å². The molecule has 0 aliphatic carbocycles. The number of carbonyl (C=O) groups is 2. The van der Waals surface area contributed by atoms with Gasteiger partial charge in [-0.3, -0.25) is 4.79 Å². The average Bonchev–Trinajstić information content (AvgIpc) is 3.00. The van der Waals surface area contributed by atoms with E-state index in [9.17, 15) is 9.59 Å². The van der Waals surface area contributed by atoms with Gasteiger partial charge in [0.2, 0.25) is 5.78 Å². The van der Waals surface area contributed by atoms with Crippen LogP contribution in [-0.2, 0) is 14.3 Å². The smallest absolute Gasteiger partial charge is 0.347 e. The van der Waals surface area contributed by atoms with Gasteiger partial charge >= 0.3 is 5.97 Å². The number of nitriles is 1. The Balaban J connectivity index is 1.96. The molecule has 0 aliphatic rings. The van der Waals surface area contributed by atoms with Crippen LogP contribution in [0.25, 0.3) is 0 Å². The second kappa shape index (κ2) is 9.89. The number of hydrogen-bond donors (Lipinski definition) is 0. The van der Waals surface area contributed by atoms with Gasteiger partial charge in [-0.2, -0.15) is 5.26 Å². The van der Waals surface area contributed by atoms with Crippen LogP contribution in [-0.4, -0.2) is 42.7 Å². The number of ether oxygens (including phenoxy) is 3. The van der Waals surface area contributed by atoms with E-state index in [0.29, 0.717) is 23.5 Å². The first-order chi connectivity index (χ1) is 13.8. The third-order valence-corrected chi connectivity index (χ3v) is 4.61. The van der Waals surface area contributed by atoms with Crippen LogP contribution in [0.4, 0.5) is 0 Å². The number of methoxy groups -OCH3 is 1. The molecule has 1 heterocycles. The molecule has 0 bridgehead atoms. The summed E-state index contributed by atoms with van der Waals surface area (Å²) in [6.07, 6.45) is -0.884. The highest BCUT2D eigenvalue weighted by atomic mass is 16.6. The summed E-state index contributed by atoms with van der Waals surface area (Å²) in [6.45, 7) is 7.52. The highest BCUT2D eigenvalue weighted by Crippen LogP contribution is 2.21. The van der Waals surface area contributed by atoms with Crippen LogP contribution in [0, 0.1) is 25.2 Å². The van der Waals surface area contributed by atoms with Gasteiger partial charge in [0, 0.05) is 24.1 Å². The molecule has 7 nitrogen and oxygen atoms in total. The topological polar surface area (TPSA) is 90.6 Å². The normalized spacial score (nSPS) is 12.7. The minimum atomic E-state index is -0.884. The third-order valence-electron chi connectivity index (χ3n) is 4.61. The second-order valence-electron chi connectivity index (χ2n) is 6.89. The summed E-state index contributed by atoms with van der Waals surface area (Å²) in [7, 11) is 1.64. The van der Waals surface area contributed by atoms with Gasteiger partial charge in [0.1, 0.15) is 5.75 Å². The number of esters is 1. The van der Waals surface area contributed by atoms with E-state index in [2.05, 4.69) is 0 Å². The van der Waals surface area contributed by atoms with Gasteiger partial charge < -0.3 is 18.8 Å². The van der Waals surface area contributed by atoms with Crippen molar-refractivity contribution in [2.75, 3.05) is 20.3 Å². The average molecular weight is 398 g/mol. The number of carbonyl (C=O) groups excluding carboxylic acids is 2. The zero-order valence-electron chi connectivity index (χ0n) is 17.4. The fourth-order valence-corrected chi connectivity index (χ4v) is 3.25. The third kappa shape index (κ3) is 5.46. The SMILES string of the molecule is COC[C@H](C)n1c(C)cc(C(=O)COC(=O)[C@@H](C)Oc2ccc(C#N)cc2)c1C. The molecule has 0 unspecified atom stereocenters. The van der Waals surface area contributed by atoms with Crippen molar-refractivity contribution in [1.29, 1.82) is 5.26 Å². The molecule has 2 aromatic rings. The van der Waals surface area contributed by atoms with Crippen molar-refractivity contribution in [2.24, 2.45) is 0 Å². The minimum absolute atomic E-state index is 0.0879. The van der Waals surface area contributed by atoms with Crippen molar-refractivity contribution < 1.29 is 23.8 Å². The molecule has 1 aromatic heterocycles. The maximum atomic E-state index is 12.6. The number of ketones is 1. The number of aryl methyl sites for hydroxylation is 1. The van der Waals surface area contributed by atoms with Crippen molar-refractivity contribution in [3.8, 4) is 11.8 Å². The number of aromatic nitrogens is 1. The molecule has 0 saturated heterocycles. The molecule has 1 aromatic carbocycles. The summed E-state index contributed by atoms with van der Waals surface area (Å²) in [6, 6.07) is 10.3. The van der Waals surface area contributed by atoms with Crippen LogP contribution < -0.4 is 4.74 Å². The molecule has 0 aliphatic heterocycles. The van der Waals surface area contributed by atoms with Crippen molar-refractivity contribution in [2.45, 2.75) is 39.8 Å². The lowest BCUT2D eigenvalue weighted by Gasteiger charge is -2.17. The van der Waals surface area contributed by atoms with Crippen LogP contribution >= 0.6 is 0 Å². The summed E-state index contributed by atoms with van der Waals surface area (Å²) in [5.41, 5.74) is 2.78. The van der Waals surface area contributed by atoms with E-state index >= 15 is 0 Å². The number of hydrogen-bond acceptors (Lipinski definition) is 6. The molecule has 29 heavy (non-hydrogen) atoms. The predicted octanol–water partition coefficient (Wildman–Crippen LogP) is 3.38. The molecular formula is C22H26N2O5. The predicted molar refractivity (Wildman–Crippen MR) is 107 cm³/mol. The van der Waals surface area contributed by atoms with Gasteiger partial charge in [-0.1, -0.05) is 0 Å². The maximum Gasteiger partial charge on any atom is 0.347 e. The van der Waals surface area contributed by atoms with Crippen LogP contribution in [0.15, 0.2) is 30.3 Å². The monoisotopic (exact) mass is 398 g/mol. The minimum Gasteiger partial charge on any atom is -0.479 e. The van der Waals surface area contributed by atoms with Crippen LogP contribution in [0.1, 0.15) is 47.2 Å². The molecule has 154 valence electrons. The first kappa shape index (κ1) is 22.2. The number of Topliss-reactive ketones (excluding diaryl/α,β-unsaturated/α-hetero) is 1. The van der Waals surface area contributed by atoms with Gasteiger partial charge in [0.15, 0.2) is 12.7 Å².